The van der Waals surface area contributed by atoms with E-state index >= 15 is 0 Å². The van der Waals surface area contributed by atoms with Gasteiger partial charge in [0.25, 0.3) is 0 Å². The second-order valence-electron chi connectivity index (χ2n) is 5.90. The van der Waals surface area contributed by atoms with Crippen molar-refractivity contribution in [3.05, 3.63) is 27.6 Å². The number of aryl methyl sites for hydroxylation is 1. The summed E-state index contributed by atoms with van der Waals surface area (Å²) in [5.74, 6) is 2.62. The highest BCUT2D eigenvalue weighted by atomic mass is 127. The van der Waals surface area contributed by atoms with Gasteiger partial charge in [0.1, 0.15) is 5.82 Å². The molecule has 3 rings (SSSR count). The van der Waals surface area contributed by atoms with Crippen molar-refractivity contribution in [1.82, 2.24) is 9.55 Å². The Kier molecular flexibility index (Phi) is 4.55. The predicted octanol–water partition coefficient (Wildman–Crippen LogP) is 5.17. The third-order valence-corrected chi connectivity index (χ3v) is 5.18. The van der Waals surface area contributed by atoms with E-state index in [4.69, 9.17) is 16.6 Å². The molecule has 0 aliphatic heterocycles. The maximum atomic E-state index is 5.98. The first kappa shape index (κ1) is 14.6. The van der Waals surface area contributed by atoms with Gasteiger partial charge in [0.05, 0.1) is 11.0 Å². The standard InChI is InChI=1S/C16H20ClIN2/c1-11-3-2-4-13(9-11)20-15-6-5-12(18)10-14(15)19-16(20)7-8-17/h5-6,10-11,13H,2-4,7-9H2,1H3. The van der Waals surface area contributed by atoms with E-state index < -0.39 is 0 Å². The van der Waals surface area contributed by atoms with Crippen molar-refractivity contribution in [2.24, 2.45) is 5.92 Å². The van der Waals surface area contributed by atoms with Crippen molar-refractivity contribution in [3.63, 3.8) is 0 Å². The van der Waals surface area contributed by atoms with Crippen molar-refractivity contribution >= 4 is 45.2 Å². The second kappa shape index (κ2) is 6.22. The third-order valence-electron chi connectivity index (χ3n) is 4.32. The molecular weight excluding hydrogens is 383 g/mol. The van der Waals surface area contributed by atoms with E-state index in [2.05, 4.69) is 52.3 Å². The van der Waals surface area contributed by atoms with Gasteiger partial charge in [0.15, 0.2) is 0 Å². The molecule has 2 nitrogen and oxygen atoms in total. The number of imidazole rings is 1. The van der Waals surface area contributed by atoms with Gasteiger partial charge < -0.3 is 4.57 Å². The lowest BCUT2D eigenvalue weighted by Crippen LogP contribution is -2.19. The van der Waals surface area contributed by atoms with Crippen molar-refractivity contribution in [1.29, 1.82) is 0 Å². The summed E-state index contributed by atoms with van der Waals surface area (Å²) >= 11 is 8.33. The molecule has 1 aromatic heterocycles. The molecule has 2 aromatic rings. The maximum Gasteiger partial charge on any atom is 0.111 e. The molecule has 2 unspecified atom stereocenters. The van der Waals surface area contributed by atoms with Crippen LogP contribution in [0, 0.1) is 9.49 Å². The van der Waals surface area contributed by atoms with E-state index in [0.717, 1.165) is 23.7 Å². The van der Waals surface area contributed by atoms with E-state index in [1.165, 1.54) is 34.8 Å². The molecule has 0 amide bonds. The zero-order chi connectivity index (χ0) is 14.1. The van der Waals surface area contributed by atoms with Crippen LogP contribution in [-0.4, -0.2) is 15.4 Å². The Hall–Kier alpha value is -0.290. The van der Waals surface area contributed by atoms with Crippen LogP contribution < -0.4 is 0 Å². The molecule has 0 saturated heterocycles. The largest absolute Gasteiger partial charge is 0.325 e. The molecule has 20 heavy (non-hydrogen) atoms. The first-order valence-electron chi connectivity index (χ1n) is 7.41. The molecule has 1 heterocycles. The highest BCUT2D eigenvalue weighted by Gasteiger charge is 2.24. The van der Waals surface area contributed by atoms with Gasteiger partial charge in [-0.1, -0.05) is 19.8 Å². The number of aromatic nitrogens is 2. The minimum atomic E-state index is 0.599. The summed E-state index contributed by atoms with van der Waals surface area (Å²) in [6.45, 7) is 2.37. The molecule has 0 spiro atoms. The van der Waals surface area contributed by atoms with Crippen LogP contribution in [0.1, 0.15) is 44.5 Å². The van der Waals surface area contributed by atoms with Crippen molar-refractivity contribution in [3.8, 4) is 0 Å². The average molecular weight is 403 g/mol. The molecule has 2 atom stereocenters. The Balaban J connectivity index is 2.08. The molecule has 108 valence electrons. The van der Waals surface area contributed by atoms with Crippen LogP contribution in [0.3, 0.4) is 0 Å². The molecule has 1 aliphatic carbocycles. The Bertz CT molecular complexity index is 608. The molecular formula is C16H20ClIN2. The highest BCUT2D eigenvalue weighted by molar-refractivity contribution is 14.1. The van der Waals surface area contributed by atoms with Crippen molar-refractivity contribution in [2.75, 3.05) is 5.88 Å². The monoisotopic (exact) mass is 402 g/mol. The number of hydrogen-bond acceptors (Lipinski definition) is 1. The number of hydrogen-bond donors (Lipinski definition) is 0. The van der Waals surface area contributed by atoms with Crippen LogP contribution in [0.4, 0.5) is 0 Å². The van der Waals surface area contributed by atoms with E-state index in [1.54, 1.807) is 0 Å². The summed E-state index contributed by atoms with van der Waals surface area (Å²) in [4.78, 5) is 4.84. The zero-order valence-electron chi connectivity index (χ0n) is 11.8. The Labute approximate surface area is 139 Å². The third kappa shape index (κ3) is 2.84. The van der Waals surface area contributed by atoms with Gasteiger partial charge in [0.2, 0.25) is 0 Å². The minimum Gasteiger partial charge on any atom is -0.325 e. The number of rotatable bonds is 3. The molecule has 0 bridgehead atoms. The Morgan fingerprint density at radius 1 is 1.40 bits per heavy atom. The number of alkyl halides is 1. The van der Waals surface area contributed by atoms with Crippen LogP contribution in [-0.2, 0) is 6.42 Å². The Morgan fingerprint density at radius 2 is 2.25 bits per heavy atom. The van der Waals surface area contributed by atoms with Gasteiger partial charge in [0, 0.05) is 21.9 Å². The van der Waals surface area contributed by atoms with E-state index in [9.17, 15) is 0 Å². The van der Waals surface area contributed by atoms with Gasteiger partial charge in [-0.05, 0) is 59.5 Å². The van der Waals surface area contributed by atoms with Crippen LogP contribution in [0.5, 0.6) is 0 Å². The predicted molar refractivity (Wildman–Crippen MR) is 93.5 cm³/mol. The summed E-state index contributed by atoms with van der Waals surface area (Å²) < 4.78 is 3.72. The van der Waals surface area contributed by atoms with E-state index in [-0.39, 0.29) is 0 Å². The van der Waals surface area contributed by atoms with E-state index in [1.807, 2.05) is 0 Å². The lowest BCUT2D eigenvalue weighted by atomic mass is 9.87. The fourth-order valence-corrected chi connectivity index (χ4v) is 4.07. The van der Waals surface area contributed by atoms with E-state index in [0.29, 0.717) is 11.9 Å². The van der Waals surface area contributed by atoms with Crippen LogP contribution >= 0.6 is 34.2 Å². The topological polar surface area (TPSA) is 17.8 Å². The SMILES string of the molecule is CC1CCCC(n2c(CCCl)nc3cc(I)ccc32)C1. The average Bonchev–Trinajstić information content (AvgIpc) is 2.76. The lowest BCUT2D eigenvalue weighted by Gasteiger charge is -2.29. The van der Waals surface area contributed by atoms with Gasteiger partial charge in [-0.3, -0.25) is 0 Å². The lowest BCUT2D eigenvalue weighted by molar-refractivity contribution is 0.283. The fraction of sp³-hybridized carbons (Fsp3) is 0.562. The van der Waals surface area contributed by atoms with Gasteiger partial charge >= 0.3 is 0 Å². The minimum absolute atomic E-state index is 0.599. The summed E-state index contributed by atoms with van der Waals surface area (Å²) in [7, 11) is 0. The maximum absolute atomic E-state index is 5.98. The molecule has 1 saturated carbocycles. The summed E-state index contributed by atoms with van der Waals surface area (Å²) in [6, 6.07) is 7.18. The molecule has 1 fully saturated rings. The smallest absolute Gasteiger partial charge is 0.111 e. The number of benzene rings is 1. The highest BCUT2D eigenvalue weighted by Crippen LogP contribution is 2.35. The zero-order valence-corrected chi connectivity index (χ0v) is 14.7. The first-order chi connectivity index (χ1) is 9.69. The van der Waals surface area contributed by atoms with Gasteiger partial charge in [-0.2, -0.15) is 0 Å². The molecule has 1 aliphatic rings. The number of fused-ring (bicyclic) bond motifs is 1. The molecule has 1 aromatic carbocycles. The van der Waals surface area contributed by atoms with Crippen LogP contribution in [0.25, 0.3) is 11.0 Å². The first-order valence-corrected chi connectivity index (χ1v) is 9.02. The Morgan fingerprint density at radius 3 is 3.00 bits per heavy atom. The molecule has 4 heteroatoms. The molecule has 0 N–H and O–H groups in total. The van der Waals surface area contributed by atoms with Crippen molar-refractivity contribution in [2.45, 2.75) is 45.1 Å². The molecule has 0 radical (unpaired) electrons. The summed E-state index contributed by atoms with van der Waals surface area (Å²) in [5.41, 5.74) is 2.40. The number of halogens is 2. The fourth-order valence-electron chi connectivity index (χ4n) is 3.43. The van der Waals surface area contributed by atoms with Crippen LogP contribution in [0.2, 0.25) is 0 Å². The number of nitrogens with zero attached hydrogens (tertiary/aromatic N) is 2. The quantitative estimate of drug-likeness (QED) is 0.511. The van der Waals surface area contributed by atoms with Crippen LogP contribution in [0.15, 0.2) is 18.2 Å². The summed E-state index contributed by atoms with van der Waals surface area (Å²) in [6.07, 6.45) is 6.10. The van der Waals surface area contributed by atoms with Crippen molar-refractivity contribution < 1.29 is 0 Å². The summed E-state index contributed by atoms with van der Waals surface area (Å²) in [5, 5.41) is 0. The van der Waals surface area contributed by atoms with Gasteiger partial charge in [-0.25, -0.2) is 4.98 Å². The second-order valence-corrected chi connectivity index (χ2v) is 7.52. The van der Waals surface area contributed by atoms with Gasteiger partial charge in [-0.15, -0.1) is 11.6 Å². The normalized spacial score (nSPS) is 23.4.